The van der Waals surface area contributed by atoms with Crippen LogP contribution in [-0.2, 0) is 41.9 Å². The van der Waals surface area contributed by atoms with Crippen LogP contribution in [0.2, 0.25) is 10.0 Å². The molecule has 1 atom stereocenters. The Morgan fingerprint density at radius 2 is 1.09 bits per heavy atom. The monoisotopic (exact) mass is 1060 g/mol. The molecule has 6 rings (SSSR count). The van der Waals surface area contributed by atoms with Gasteiger partial charge >= 0.3 is 12.4 Å². The molecule has 24 heteroatoms. The van der Waals surface area contributed by atoms with E-state index in [9.17, 15) is 53.1 Å². The average molecular weight is 1060 g/mol. The number of aromatic nitrogens is 4. The number of sulfonamides is 2. The topological polar surface area (TPSA) is 182 Å². The fraction of sp³-hybridized carbons (Fsp3) is 0.283. The Kier molecular flexibility index (Phi) is 17.1. The fourth-order valence-electron chi connectivity index (χ4n) is 7.10. The number of rotatable bonds is 14. The zero-order chi connectivity index (χ0) is 52.3. The highest BCUT2D eigenvalue weighted by molar-refractivity contribution is 7.93. The molecule has 6 aromatic rings. The summed E-state index contributed by atoms with van der Waals surface area (Å²) in [6.07, 6.45) is -5.17. The van der Waals surface area contributed by atoms with Crippen molar-refractivity contribution < 1.29 is 62.6 Å². The molecule has 0 bridgehead atoms. The summed E-state index contributed by atoms with van der Waals surface area (Å²) in [5, 5.41) is 9.95. The van der Waals surface area contributed by atoms with Gasteiger partial charge in [0.15, 0.2) is 0 Å². The van der Waals surface area contributed by atoms with Crippen LogP contribution in [-0.4, -0.2) is 75.3 Å². The van der Waals surface area contributed by atoms with Gasteiger partial charge in [-0.25, -0.2) is 25.4 Å². The van der Waals surface area contributed by atoms with Crippen molar-refractivity contribution in [1.82, 2.24) is 19.9 Å². The number of methoxy groups -OCH3 is 2. The van der Waals surface area contributed by atoms with E-state index in [-0.39, 0.29) is 28.3 Å². The van der Waals surface area contributed by atoms with Gasteiger partial charge in [0.1, 0.15) is 25.3 Å². The molecule has 14 nitrogen and oxygen atoms in total. The lowest BCUT2D eigenvalue weighted by atomic mass is 9.98. The van der Waals surface area contributed by atoms with E-state index in [4.69, 9.17) is 32.7 Å². The van der Waals surface area contributed by atoms with Crippen LogP contribution in [0.25, 0.3) is 0 Å². The largest absolute Gasteiger partial charge is 0.417 e. The molecule has 2 aromatic carbocycles. The maximum atomic E-state index is 13.6. The van der Waals surface area contributed by atoms with E-state index in [1.807, 2.05) is 0 Å². The second-order valence-corrected chi connectivity index (χ2v) is 20.1. The number of aliphatic hydroxyl groups is 1. The SMILES string of the molecule is COCN(c1cc(C)cnc1C(=O)c1c(C)ccnc1C)S(=O)(=O)c1ccc(Cl)c(C(F)(F)F)c1.COCN(c1cc(C)cnc1C(O)c1c(C)ccnc1C)S(=O)(=O)c1ccc(Cl)c(C(F)(F)F)c1. The number of hydrogen-bond acceptors (Lipinski definition) is 12. The number of carbonyl (C=O) groups excluding carboxylic acids is 1. The number of nitrogens with zero attached hydrogens (tertiary/aromatic N) is 6. The van der Waals surface area contributed by atoms with E-state index in [0.29, 0.717) is 55.6 Å². The molecule has 0 aliphatic heterocycles. The summed E-state index contributed by atoms with van der Waals surface area (Å²) >= 11 is 11.3. The van der Waals surface area contributed by atoms with Crippen molar-refractivity contribution in [3.8, 4) is 0 Å². The first-order valence-electron chi connectivity index (χ1n) is 20.3. The van der Waals surface area contributed by atoms with Crippen molar-refractivity contribution in [3.05, 3.63) is 163 Å². The van der Waals surface area contributed by atoms with E-state index < -0.39 is 88.7 Å². The lowest BCUT2D eigenvalue weighted by molar-refractivity contribution is -0.138. The van der Waals surface area contributed by atoms with Crippen molar-refractivity contribution in [1.29, 1.82) is 0 Å². The van der Waals surface area contributed by atoms with Crippen LogP contribution in [0.15, 0.2) is 95.2 Å². The van der Waals surface area contributed by atoms with E-state index in [1.54, 1.807) is 59.9 Å². The summed E-state index contributed by atoms with van der Waals surface area (Å²) in [5.74, 6) is -0.591. The molecule has 1 N–H and O–H groups in total. The Morgan fingerprint density at radius 1 is 0.643 bits per heavy atom. The van der Waals surface area contributed by atoms with Gasteiger partial charge in [-0.05, 0) is 124 Å². The number of aliphatic hydroxyl groups excluding tert-OH is 1. The number of pyridine rings is 4. The zero-order valence-corrected chi connectivity index (χ0v) is 41.5. The lowest BCUT2D eigenvalue weighted by Crippen LogP contribution is -2.35. The van der Waals surface area contributed by atoms with Crippen LogP contribution in [0.5, 0.6) is 0 Å². The van der Waals surface area contributed by atoms with Crippen LogP contribution in [0.1, 0.15) is 78.2 Å². The maximum Gasteiger partial charge on any atom is 0.417 e. The molecule has 4 heterocycles. The highest BCUT2D eigenvalue weighted by atomic mass is 35.5. The summed E-state index contributed by atoms with van der Waals surface area (Å²) in [4.78, 5) is 28.9. The van der Waals surface area contributed by atoms with Crippen molar-refractivity contribution in [2.75, 3.05) is 36.3 Å². The van der Waals surface area contributed by atoms with E-state index >= 15 is 0 Å². The third-order valence-electron chi connectivity index (χ3n) is 10.5. The van der Waals surface area contributed by atoms with Gasteiger partial charge in [-0.15, -0.1) is 0 Å². The van der Waals surface area contributed by atoms with E-state index in [1.165, 1.54) is 44.9 Å². The molecule has 0 aliphatic rings. The molecule has 0 saturated heterocycles. The number of hydrogen-bond donors (Lipinski definition) is 1. The average Bonchev–Trinajstić information content (AvgIpc) is 3.26. The van der Waals surface area contributed by atoms with Gasteiger partial charge in [0.05, 0.1) is 48.0 Å². The first-order valence-corrected chi connectivity index (χ1v) is 24.0. The van der Waals surface area contributed by atoms with E-state index in [2.05, 4.69) is 19.9 Å². The summed E-state index contributed by atoms with van der Waals surface area (Å²) in [6, 6.07) is 10.7. The number of ketones is 1. The molecule has 0 aliphatic carbocycles. The lowest BCUT2D eigenvalue weighted by Gasteiger charge is -2.28. The first kappa shape index (κ1) is 55.2. The third kappa shape index (κ3) is 11.9. The highest BCUT2D eigenvalue weighted by Gasteiger charge is 2.39. The predicted octanol–water partition coefficient (Wildman–Crippen LogP) is 10.1. The van der Waals surface area contributed by atoms with Gasteiger partial charge in [0, 0.05) is 61.5 Å². The molecular weight excluding hydrogens is 1010 g/mol. The van der Waals surface area contributed by atoms with Crippen molar-refractivity contribution in [2.45, 2.75) is 69.8 Å². The summed E-state index contributed by atoms with van der Waals surface area (Å²) in [5.41, 5.74) is 0.928. The standard InChI is InChI=1S/C23H23ClF3N3O4S.C23H21ClF3N3O4S/c2*1-13-9-19(21(29-11-13)22(31)20-14(2)7-8-28-15(20)3)30(12-34-4)35(32,33)16-5-6-18(24)17(10-16)23(25,26)27/h5-11,22,31H,12H2,1-4H3;5-11H,12H2,1-4H3. The number of ether oxygens (including phenoxy) is 2. The number of aryl methyl sites for hydroxylation is 6. The Labute approximate surface area is 410 Å². The minimum Gasteiger partial charge on any atom is -0.382 e. The molecule has 4 aromatic heterocycles. The zero-order valence-electron chi connectivity index (χ0n) is 38.4. The molecular formula is C46H44Cl2F6N6O8S2. The molecule has 1 unspecified atom stereocenters. The second kappa shape index (κ2) is 21.7. The van der Waals surface area contributed by atoms with Crippen molar-refractivity contribution in [2.24, 2.45) is 0 Å². The normalized spacial score (nSPS) is 12.5. The molecule has 0 spiro atoms. The minimum atomic E-state index is -4.88. The van der Waals surface area contributed by atoms with Crippen LogP contribution >= 0.6 is 23.2 Å². The Morgan fingerprint density at radius 3 is 1.54 bits per heavy atom. The fourth-order valence-corrected chi connectivity index (χ4v) is 10.4. The highest BCUT2D eigenvalue weighted by Crippen LogP contribution is 2.40. The summed E-state index contributed by atoms with van der Waals surface area (Å²) in [6.45, 7) is 8.93. The summed E-state index contributed by atoms with van der Waals surface area (Å²) < 4.78 is 146. The third-order valence-corrected chi connectivity index (χ3v) is 14.6. The smallest absolute Gasteiger partial charge is 0.382 e. The van der Waals surface area contributed by atoms with Gasteiger partial charge in [-0.3, -0.25) is 24.7 Å². The number of alkyl halides is 6. The Hall–Kier alpha value is -5.75. The molecule has 0 fully saturated rings. The van der Waals surface area contributed by atoms with Gasteiger partial charge < -0.3 is 14.6 Å². The molecule has 0 amide bonds. The van der Waals surface area contributed by atoms with Gasteiger partial charge in [-0.1, -0.05) is 23.2 Å². The molecule has 0 saturated carbocycles. The maximum absolute atomic E-state index is 13.6. The second-order valence-electron chi connectivity index (χ2n) is 15.6. The van der Waals surface area contributed by atoms with E-state index in [0.717, 1.165) is 28.6 Å². The van der Waals surface area contributed by atoms with Crippen LogP contribution in [0.4, 0.5) is 37.7 Å². The van der Waals surface area contributed by atoms with Gasteiger partial charge in [-0.2, -0.15) is 26.3 Å². The number of halogens is 8. The summed E-state index contributed by atoms with van der Waals surface area (Å²) in [7, 11) is -6.81. The van der Waals surface area contributed by atoms with Crippen LogP contribution < -0.4 is 8.61 Å². The van der Waals surface area contributed by atoms with Crippen molar-refractivity contribution >= 4 is 60.4 Å². The van der Waals surface area contributed by atoms with Crippen LogP contribution in [0.3, 0.4) is 0 Å². The minimum absolute atomic E-state index is 0.0274. The first-order chi connectivity index (χ1) is 32.6. The molecule has 70 heavy (non-hydrogen) atoms. The number of anilines is 2. The van der Waals surface area contributed by atoms with Crippen LogP contribution in [0, 0.1) is 41.5 Å². The Balaban J connectivity index is 0.000000261. The molecule has 0 radical (unpaired) electrons. The quantitative estimate of drug-likeness (QED) is 0.0620. The van der Waals surface area contributed by atoms with Gasteiger partial charge in [0.25, 0.3) is 20.0 Å². The predicted molar refractivity (Wildman–Crippen MR) is 249 cm³/mol. The van der Waals surface area contributed by atoms with Gasteiger partial charge in [0.2, 0.25) is 5.78 Å². The van der Waals surface area contributed by atoms with Crippen molar-refractivity contribution in [3.63, 3.8) is 0 Å². The number of benzene rings is 2. The molecule has 374 valence electrons. The number of carbonyl (C=O) groups is 1. The Bertz CT molecular complexity index is 3120.